The normalized spacial score (nSPS) is 10.3. The molecular weight excluding hydrogens is 393 g/mol. The molecule has 0 saturated carbocycles. The first kappa shape index (κ1) is 20.4. The number of hydrogen-bond acceptors (Lipinski definition) is 3. The number of para-hydroxylation sites is 1. The van der Waals surface area contributed by atoms with Crippen LogP contribution in [0.15, 0.2) is 66.7 Å². The number of rotatable bonds is 6. The van der Waals surface area contributed by atoms with Crippen molar-refractivity contribution in [2.45, 2.75) is 6.92 Å². The van der Waals surface area contributed by atoms with Gasteiger partial charge in [-0.1, -0.05) is 29.8 Å². The third kappa shape index (κ3) is 5.56. The highest BCUT2D eigenvalue weighted by molar-refractivity contribution is 6.30. The second-order valence-corrected chi connectivity index (χ2v) is 6.81. The minimum Gasteiger partial charge on any atom is -0.376 e. The Bertz CT molecular complexity index is 1040. The fourth-order valence-corrected chi connectivity index (χ4v) is 2.74. The third-order valence-electron chi connectivity index (χ3n) is 4.17. The molecule has 3 aromatic carbocycles. The Morgan fingerprint density at radius 3 is 2.34 bits per heavy atom. The van der Waals surface area contributed by atoms with Crippen molar-refractivity contribution in [3.05, 3.63) is 88.7 Å². The summed E-state index contributed by atoms with van der Waals surface area (Å²) in [5, 5.41) is 8.93. The number of carbonyl (C=O) groups excluding carboxylic acids is 2. The molecule has 0 aromatic heterocycles. The second kappa shape index (κ2) is 9.21. The molecule has 3 aromatic rings. The molecule has 148 valence electrons. The quantitative estimate of drug-likeness (QED) is 0.529. The predicted octanol–water partition coefficient (Wildman–Crippen LogP) is 5.09. The van der Waals surface area contributed by atoms with E-state index < -0.39 is 0 Å². The van der Waals surface area contributed by atoms with E-state index in [0.29, 0.717) is 33.2 Å². The molecule has 2 amide bonds. The number of nitrogens with one attached hydrogen (secondary N) is 3. The average Bonchev–Trinajstić information content (AvgIpc) is 2.71. The fraction of sp³-hybridized carbons (Fsp3) is 0.0909. The van der Waals surface area contributed by atoms with E-state index in [-0.39, 0.29) is 24.2 Å². The summed E-state index contributed by atoms with van der Waals surface area (Å²) in [4.78, 5) is 24.8. The number of benzene rings is 3. The van der Waals surface area contributed by atoms with Crippen molar-refractivity contribution in [2.24, 2.45) is 0 Å². The number of anilines is 3. The van der Waals surface area contributed by atoms with Gasteiger partial charge in [0.15, 0.2) is 0 Å². The van der Waals surface area contributed by atoms with Crippen molar-refractivity contribution < 1.29 is 14.0 Å². The molecule has 0 unspecified atom stereocenters. The number of hydrogen-bond donors (Lipinski definition) is 3. The Balaban J connectivity index is 1.63. The van der Waals surface area contributed by atoms with Crippen LogP contribution in [0.2, 0.25) is 5.02 Å². The maximum atomic E-state index is 13.6. The van der Waals surface area contributed by atoms with Gasteiger partial charge < -0.3 is 16.0 Å². The molecule has 0 aliphatic heterocycles. The SMILES string of the molecule is Cc1ccc(NC(=O)CNc2ccccc2C(=O)Nc2ccc(Cl)cc2)cc1F. The monoisotopic (exact) mass is 411 g/mol. The number of halogens is 2. The van der Waals surface area contributed by atoms with Gasteiger partial charge in [0.05, 0.1) is 12.1 Å². The predicted molar refractivity (Wildman–Crippen MR) is 114 cm³/mol. The summed E-state index contributed by atoms with van der Waals surface area (Å²) in [5.74, 6) is -1.07. The molecule has 0 heterocycles. The highest BCUT2D eigenvalue weighted by Crippen LogP contribution is 2.19. The van der Waals surface area contributed by atoms with Crippen LogP contribution in [0.4, 0.5) is 21.5 Å². The summed E-state index contributed by atoms with van der Waals surface area (Å²) in [5.41, 5.74) is 2.37. The van der Waals surface area contributed by atoms with E-state index in [2.05, 4.69) is 16.0 Å². The maximum absolute atomic E-state index is 13.6. The zero-order chi connectivity index (χ0) is 20.8. The largest absolute Gasteiger partial charge is 0.376 e. The van der Waals surface area contributed by atoms with Gasteiger partial charge in [-0.25, -0.2) is 4.39 Å². The lowest BCUT2D eigenvalue weighted by atomic mass is 10.1. The van der Waals surface area contributed by atoms with Gasteiger partial charge in [0.1, 0.15) is 5.82 Å². The van der Waals surface area contributed by atoms with Crippen LogP contribution in [0.5, 0.6) is 0 Å². The van der Waals surface area contributed by atoms with E-state index in [1.165, 1.54) is 6.07 Å². The van der Waals surface area contributed by atoms with E-state index in [4.69, 9.17) is 11.6 Å². The summed E-state index contributed by atoms with van der Waals surface area (Å²) in [6.45, 7) is 1.56. The topological polar surface area (TPSA) is 70.2 Å². The molecule has 0 aliphatic carbocycles. The van der Waals surface area contributed by atoms with Crippen LogP contribution < -0.4 is 16.0 Å². The average molecular weight is 412 g/mol. The molecule has 0 fully saturated rings. The van der Waals surface area contributed by atoms with E-state index >= 15 is 0 Å². The van der Waals surface area contributed by atoms with E-state index in [0.717, 1.165) is 0 Å². The maximum Gasteiger partial charge on any atom is 0.257 e. The Labute approximate surface area is 172 Å². The van der Waals surface area contributed by atoms with Gasteiger partial charge in [0, 0.05) is 22.1 Å². The Kier molecular flexibility index (Phi) is 6.46. The van der Waals surface area contributed by atoms with Crippen LogP contribution in [0, 0.1) is 12.7 Å². The van der Waals surface area contributed by atoms with Gasteiger partial charge >= 0.3 is 0 Å². The molecule has 5 nitrogen and oxygen atoms in total. The molecule has 0 saturated heterocycles. The lowest BCUT2D eigenvalue weighted by molar-refractivity contribution is -0.114. The van der Waals surface area contributed by atoms with Crippen LogP contribution in [0.25, 0.3) is 0 Å². The summed E-state index contributed by atoms with van der Waals surface area (Å²) in [7, 11) is 0. The van der Waals surface area contributed by atoms with Gasteiger partial charge in [-0.15, -0.1) is 0 Å². The van der Waals surface area contributed by atoms with Crippen LogP contribution in [0.3, 0.4) is 0 Å². The lowest BCUT2D eigenvalue weighted by Crippen LogP contribution is -2.23. The molecule has 3 rings (SSSR count). The van der Waals surface area contributed by atoms with E-state index in [1.807, 2.05) is 0 Å². The first-order valence-electron chi connectivity index (χ1n) is 8.88. The van der Waals surface area contributed by atoms with Gasteiger partial charge in [-0.05, 0) is 61.0 Å². The molecule has 0 radical (unpaired) electrons. The summed E-state index contributed by atoms with van der Waals surface area (Å²) >= 11 is 5.85. The molecule has 0 bridgehead atoms. The summed E-state index contributed by atoms with van der Waals surface area (Å²) in [6, 6.07) is 18.1. The molecule has 7 heteroatoms. The fourth-order valence-electron chi connectivity index (χ4n) is 2.62. The van der Waals surface area contributed by atoms with E-state index in [1.54, 1.807) is 67.6 Å². The first-order chi connectivity index (χ1) is 13.9. The zero-order valence-corrected chi connectivity index (χ0v) is 16.4. The van der Waals surface area contributed by atoms with Crippen LogP contribution in [0.1, 0.15) is 15.9 Å². The summed E-state index contributed by atoms with van der Waals surface area (Å²) in [6.07, 6.45) is 0. The lowest BCUT2D eigenvalue weighted by Gasteiger charge is -2.13. The third-order valence-corrected chi connectivity index (χ3v) is 4.42. The minimum atomic E-state index is -0.389. The standard InChI is InChI=1S/C22H19ClFN3O2/c1-14-6-9-17(12-19(14)24)26-21(28)13-25-20-5-3-2-4-18(20)22(29)27-16-10-7-15(23)8-11-16/h2-12,25H,13H2,1H3,(H,26,28)(H,27,29). The van der Waals surface area contributed by atoms with Gasteiger partial charge in [-0.3, -0.25) is 9.59 Å². The van der Waals surface area contributed by atoms with Crippen LogP contribution in [-0.4, -0.2) is 18.4 Å². The Hall–Kier alpha value is -3.38. The van der Waals surface area contributed by atoms with Gasteiger partial charge in [0.25, 0.3) is 5.91 Å². The smallest absolute Gasteiger partial charge is 0.257 e. The number of amides is 2. The summed E-state index contributed by atoms with van der Waals surface area (Å²) < 4.78 is 13.6. The van der Waals surface area contributed by atoms with Crippen LogP contribution >= 0.6 is 11.6 Å². The van der Waals surface area contributed by atoms with Crippen molar-refractivity contribution in [1.29, 1.82) is 0 Å². The Morgan fingerprint density at radius 1 is 0.931 bits per heavy atom. The van der Waals surface area contributed by atoms with Gasteiger partial charge in [0.2, 0.25) is 5.91 Å². The molecule has 29 heavy (non-hydrogen) atoms. The molecule has 0 atom stereocenters. The number of carbonyl (C=O) groups is 2. The zero-order valence-electron chi connectivity index (χ0n) is 15.6. The van der Waals surface area contributed by atoms with Crippen LogP contribution in [-0.2, 0) is 4.79 Å². The highest BCUT2D eigenvalue weighted by Gasteiger charge is 2.12. The van der Waals surface area contributed by atoms with Crippen molar-refractivity contribution in [1.82, 2.24) is 0 Å². The van der Waals surface area contributed by atoms with Crippen molar-refractivity contribution in [3.63, 3.8) is 0 Å². The van der Waals surface area contributed by atoms with Crippen molar-refractivity contribution >= 4 is 40.5 Å². The second-order valence-electron chi connectivity index (χ2n) is 6.37. The molecule has 0 aliphatic rings. The first-order valence-corrected chi connectivity index (χ1v) is 9.26. The Morgan fingerprint density at radius 2 is 1.62 bits per heavy atom. The molecular formula is C22H19ClFN3O2. The highest BCUT2D eigenvalue weighted by atomic mass is 35.5. The van der Waals surface area contributed by atoms with Crippen molar-refractivity contribution in [3.8, 4) is 0 Å². The molecule has 3 N–H and O–H groups in total. The van der Waals surface area contributed by atoms with Crippen molar-refractivity contribution in [2.75, 3.05) is 22.5 Å². The minimum absolute atomic E-state index is 0.0826. The van der Waals surface area contributed by atoms with Gasteiger partial charge in [-0.2, -0.15) is 0 Å². The van der Waals surface area contributed by atoms with E-state index in [9.17, 15) is 14.0 Å². The molecule has 0 spiro atoms. The number of aryl methyl sites for hydroxylation is 1.